The Morgan fingerprint density at radius 1 is 1.29 bits per heavy atom. The fraction of sp³-hybridized carbons (Fsp3) is 0.667. The number of ether oxygens (including phenoxy) is 1. The van der Waals surface area contributed by atoms with E-state index in [9.17, 15) is 0 Å². The highest BCUT2D eigenvalue weighted by atomic mass is 16.5. The first kappa shape index (κ1) is 16.5. The van der Waals surface area contributed by atoms with Crippen molar-refractivity contribution in [3.8, 4) is 0 Å². The zero-order valence-electron chi connectivity index (χ0n) is 13.7. The van der Waals surface area contributed by atoms with Crippen molar-refractivity contribution in [2.45, 2.75) is 45.8 Å². The van der Waals surface area contributed by atoms with Crippen LogP contribution in [0.2, 0.25) is 0 Å². The Kier molecular flexibility index (Phi) is 6.68. The number of nitrogens with zero attached hydrogens (tertiary/aromatic N) is 1. The summed E-state index contributed by atoms with van der Waals surface area (Å²) in [6.07, 6.45) is 1.24. The van der Waals surface area contributed by atoms with E-state index in [0.29, 0.717) is 18.0 Å². The molecule has 1 aliphatic heterocycles. The molecule has 0 saturated carbocycles. The Morgan fingerprint density at radius 3 is 2.71 bits per heavy atom. The lowest BCUT2D eigenvalue weighted by molar-refractivity contribution is 0.103. The number of rotatable bonds is 8. The van der Waals surface area contributed by atoms with Gasteiger partial charge in [0.25, 0.3) is 0 Å². The number of benzene rings is 1. The van der Waals surface area contributed by atoms with Gasteiger partial charge in [0.2, 0.25) is 0 Å². The van der Waals surface area contributed by atoms with Crippen LogP contribution in [0.5, 0.6) is 0 Å². The zero-order chi connectivity index (χ0) is 15.1. The van der Waals surface area contributed by atoms with Crippen LogP contribution in [0.3, 0.4) is 0 Å². The van der Waals surface area contributed by atoms with E-state index in [2.05, 4.69) is 61.3 Å². The van der Waals surface area contributed by atoms with Crippen LogP contribution in [0.25, 0.3) is 0 Å². The first-order valence-electron chi connectivity index (χ1n) is 8.29. The molecule has 2 unspecified atom stereocenters. The Balaban J connectivity index is 1.78. The first-order valence-corrected chi connectivity index (χ1v) is 8.29. The highest BCUT2D eigenvalue weighted by Gasteiger charge is 2.25. The maximum Gasteiger partial charge on any atom is 0.0622 e. The predicted octanol–water partition coefficient (Wildman–Crippen LogP) is 2.91. The molecule has 3 nitrogen and oxygen atoms in total. The Labute approximate surface area is 129 Å². The highest BCUT2D eigenvalue weighted by molar-refractivity contribution is 5.14. The molecule has 0 spiro atoms. The van der Waals surface area contributed by atoms with E-state index >= 15 is 0 Å². The van der Waals surface area contributed by atoms with Gasteiger partial charge in [-0.3, -0.25) is 4.90 Å². The third kappa shape index (κ3) is 5.42. The van der Waals surface area contributed by atoms with Gasteiger partial charge < -0.3 is 10.1 Å². The SMILES string of the molecule is CCOCC(NC1CCN(Cc2ccccc2)C1)C(C)C. The Hall–Kier alpha value is -0.900. The zero-order valence-corrected chi connectivity index (χ0v) is 13.7. The molecular formula is C18H30N2O. The van der Waals surface area contributed by atoms with Crippen molar-refractivity contribution in [1.82, 2.24) is 10.2 Å². The van der Waals surface area contributed by atoms with Crippen LogP contribution in [0.15, 0.2) is 30.3 Å². The van der Waals surface area contributed by atoms with E-state index in [4.69, 9.17) is 4.74 Å². The van der Waals surface area contributed by atoms with Crippen molar-refractivity contribution in [1.29, 1.82) is 0 Å². The maximum atomic E-state index is 5.61. The lowest BCUT2D eigenvalue weighted by Crippen LogP contribution is -2.45. The lowest BCUT2D eigenvalue weighted by atomic mass is 10.0. The molecule has 0 bridgehead atoms. The van der Waals surface area contributed by atoms with E-state index in [0.717, 1.165) is 26.3 Å². The van der Waals surface area contributed by atoms with E-state index < -0.39 is 0 Å². The van der Waals surface area contributed by atoms with Gasteiger partial charge >= 0.3 is 0 Å². The predicted molar refractivity (Wildman–Crippen MR) is 88.4 cm³/mol. The number of hydrogen-bond acceptors (Lipinski definition) is 3. The van der Waals surface area contributed by atoms with E-state index in [1.807, 2.05) is 0 Å². The molecule has 1 N–H and O–H groups in total. The molecule has 21 heavy (non-hydrogen) atoms. The summed E-state index contributed by atoms with van der Waals surface area (Å²) in [7, 11) is 0. The molecule has 118 valence electrons. The molecule has 0 radical (unpaired) electrons. The topological polar surface area (TPSA) is 24.5 Å². The maximum absolute atomic E-state index is 5.61. The molecule has 1 fully saturated rings. The van der Waals surface area contributed by atoms with Crippen molar-refractivity contribution in [3.05, 3.63) is 35.9 Å². The van der Waals surface area contributed by atoms with Gasteiger partial charge in [0.05, 0.1) is 6.61 Å². The minimum atomic E-state index is 0.464. The van der Waals surface area contributed by atoms with Gasteiger partial charge in [-0.15, -0.1) is 0 Å². The molecule has 1 saturated heterocycles. The molecule has 1 aliphatic rings. The summed E-state index contributed by atoms with van der Waals surface area (Å²) < 4.78 is 5.61. The van der Waals surface area contributed by atoms with Gasteiger partial charge in [0.15, 0.2) is 0 Å². The molecular weight excluding hydrogens is 260 g/mol. The van der Waals surface area contributed by atoms with Crippen molar-refractivity contribution < 1.29 is 4.74 Å². The van der Waals surface area contributed by atoms with Gasteiger partial charge in [0.1, 0.15) is 0 Å². The molecule has 0 aliphatic carbocycles. The standard InChI is InChI=1S/C18H30N2O/c1-4-21-14-18(15(2)3)19-17-10-11-20(13-17)12-16-8-6-5-7-9-16/h5-9,15,17-19H,4,10-14H2,1-3H3. The largest absolute Gasteiger partial charge is 0.380 e. The molecule has 3 heteroatoms. The van der Waals surface area contributed by atoms with Crippen LogP contribution in [-0.2, 0) is 11.3 Å². The van der Waals surface area contributed by atoms with Crippen molar-refractivity contribution in [2.24, 2.45) is 5.92 Å². The third-order valence-corrected chi connectivity index (χ3v) is 4.28. The summed E-state index contributed by atoms with van der Waals surface area (Å²) in [5.41, 5.74) is 1.41. The minimum Gasteiger partial charge on any atom is -0.380 e. The van der Waals surface area contributed by atoms with Crippen LogP contribution >= 0.6 is 0 Å². The molecule has 1 heterocycles. The molecule has 0 aromatic heterocycles. The first-order chi connectivity index (χ1) is 10.2. The summed E-state index contributed by atoms with van der Waals surface area (Å²) in [5, 5.41) is 3.80. The highest BCUT2D eigenvalue weighted by Crippen LogP contribution is 2.15. The van der Waals surface area contributed by atoms with Crippen LogP contribution in [0, 0.1) is 5.92 Å². The van der Waals surface area contributed by atoms with Crippen LogP contribution < -0.4 is 5.32 Å². The average molecular weight is 290 g/mol. The number of hydrogen-bond donors (Lipinski definition) is 1. The van der Waals surface area contributed by atoms with Crippen molar-refractivity contribution in [2.75, 3.05) is 26.3 Å². The third-order valence-electron chi connectivity index (χ3n) is 4.28. The van der Waals surface area contributed by atoms with E-state index in [-0.39, 0.29) is 0 Å². The Morgan fingerprint density at radius 2 is 2.05 bits per heavy atom. The summed E-state index contributed by atoms with van der Waals surface area (Å²) >= 11 is 0. The molecule has 2 rings (SSSR count). The Bertz CT molecular complexity index is 393. The van der Waals surface area contributed by atoms with Crippen molar-refractivity contribution >= 4 is 0 Å². The van der Waals surface area contributed by atoms with Gasteiger partial charge in [-0.25, -0.2) is 0 Å². The molecule has 0 amide bonds. The number of nitrogens with one attached hydrogen (secondary N) is 1. The lowest BCUT2D eigenvalue weighted by Gasteiger charge is -2.26. The minimum absolute atomic E-state index is 0.464. The van der Waals surface area contributed by atoms with Gasteiger partial charge in [-0.1, -0.05) is 44.2 Å². The van der Waals surface area contributed by atoms with Crippen LogP contribution in [-0.4, -0.2) is 43.3 Å². The van der Waals surface area contributed by atoms with Crippen molar-refractivity contribution in [3.63, 3.8) is 0 Å². The monoisotopic (exact) mass is 290 g/mol. The second kappa shape index (κ2) is 8.52. The van der Waals surface area contributed by atoms with Gasteiger partial charge in [0, 0.05) is 38.3 Å². The summed E-state index contributed by atoms with van der Waals surface area (Å²) in [5.74, 6) is 0.611. The van der Waals surface area contributed by atoms with E-state index in [1.54, 1.807) is 0 Å². The van der Waals surface area contributed by atoms with Gasteiger partial charge in [-0.05, 0) is 24.8 Å². The summed E-state index contributed by atoms with van der Waals surface area (Å²) in [4.78, 5) is 2.55. The van der Waals surface area contributed by atoms with Crippen LogP contribution in [0.1, 0.15) is 32.8 Å². The molecule has 2 atom stereocenters. The van der Waals surface area contributed by atoms with Gasteiger partial charge in [-0.2, -0.15) is 0 Å². The number of likely N-dealkylation sites (tertiary alicyclic amines) is 1. The summed E-state index contributed by atoms with van der Waals surface area (Å²) in [6.45, 7) is 11.6. The smallest absolute Gasteiger partial charge is 0.0622 e. The second-order valence-corrected chi connectivity index (χ2v) is 6.38. The average Bonchev–Trinajstić information content (AvgIpc) is 2.91. The fourth-order valence-electron chi connectivity index (χ4n) is 2.93. The normalized spacial score (nSPS) is 21.0. The van der Waals surface area contributed by atoms with E-state index in [1.165, 1.54) is 18.5 Å². The fourth-order valence-corrected chi connectivity index (χ4v) is 2.93. The quantitative estimate of drug-likeness (QED) is 0.797. The van der Waals surface area contributed by atoms with Crippen LogP contribution in [0.4, 0.5) is 0 Å². The second-order valence-electron chi connectivity index (χ2n) is 6.38. The molecule has 1 aromatic rings. The summed E-state index contributed by atoms with van der Waals surface area (Å²) in [6, 6.07) is 11.8. The molecule has 1 aromatic carbocycles.